The first-order valence-corrected chi connectivity index (χ1v) is 9.36. The number of halogens is 3. The highest BCUT2D eigenvalue weighted by Gasteiger charge is 2.46. The Hall–Kier alpha value is -2.62. The average molecular weight is 432 g/mol. The fourth-order valence-electron chi connectivity index (χ4n) is 2.48. The van der Waals surface area contributed by atoms with Gasteiger partial charge in [-0.05, 0) is 18.4 Å². The third-order valence-corrected chi connectivity index (χ3v) is 4.34. The summed E-state index contributed by atoms with van der Waals surface area (Å²) >= 11 is 0. The van der Waals surface area contributed by atoms with E-state index in [1.165, 1.54) is 6.92 Å². The van der Waals surface area contributed by atoms with Gasteiger partial charge in [-0.15, -0.1) is 0 Å². The molecule has 10 heteroatoms. The first-order valence-electron chi connectivity index (χ1n) is 9.36. The summed E-state index contributed by atoms with van der Waals surface area (Å²) in [5, 5.41) is 4.46. The second kappa shape index (κ2) is 11.5. The van der Waals surface area contributed by atoms with Crippen LogP contribution in [0.4, 0.5) is 13.2 Å². The zero-order valence-electron chi connectivity index (χ0n) is 17.3. The van der Waals surface area contributed by atoms with Crippen LogP contribution in [0.1, 0.15) is 26.3 Å². The fourth-order valence-corrected chi connectivity index (χ4v) is 2.48. The quantitative estimate of drug-likeness (QED) is 0.551. The minimum Gasteiger partial charge on any atom is -0.468 e. The highest BCUT2D eigenvalue weighted by molar-refractivity contribution is 5.86. The molecule has 2 N–H and O–H groups in total. The van der Waals surface area contributed by atoms with Crippen molar-refractivity contribution in [2.45, 2.75) is 45.6 Å². The van der Waals surface area contributed by atoms with E-state index in [0.717, 1.165) is 7.11 Å². The van der Waals surface area contributed by atoms with E-state index in [-0.39, 0.29) is 6.61 Å². The number of esters is 2. The molecule has 1 rings (SSSR count). The van der Waals surface area contributed by atoms with Crippen LogP contribution < -0.4 is 10.6 Å². The van der Waals surface area contributed by atoms with Gasteiger partial charge < -0.3 is 20.1 Å². The molecule has 0 fully saturated rings. The van der Waals surface area contributed by atoms with E-state index in [2.05, 4.69) is 15.4 Å². The van der Waals surface area contributed by atoms with Gasteiger partial charge in [0.2, 0.25) is 5.91 Å². The van der Waals surface area contributed by atoms with Crippen LogP contribution in [0.25, 0.3) is 0 Å². The SMILES string of the molecule is COC(=O)[C@H](C)NC[C@@H](C(=O)N[C@H](C(=O)OCc1ccccc1)C(C)C)C(F)(F)F. The van der Waals surface area contributed by atoms with Crippen molar-refractivity contribution in [2.24, 2.45) is 11.8 Å². The Balaban J connectivity index is 2.80. The van der Waals surface area contributed by atoms with Crippen molar-refractivity contribution in [2.75, 3.05) is 13.7 Å². The van der Waals surface area contributed by atoms with E-state index < -0.39 is 54.5 Å². The molecule has 0 bridgehead atoms. The molecule has 1 amide bonds. The zero-order chi connectivity index (χ0) is 22.9. The maximum absolute atomic E-state index is 13.4. The molecule has 0 radical (unpaired) electrons. The number of rotatable bonds is 10. The zero-order valence-corrected chi connectivity index (χ0v) is 17.3. The smallest absolute Gasteiger partial charge is 0.401 e. The molecule has 0 aliphatic heterocycles. The standard InChI is InChI=1S/C20H27F3N2O5/c1-12(2)16(19(28)30-11-14-8-6-5-7-9-14)25-17(26)15(20(21,22)23)10-24-13(3)18(27)29-4/h5-9,12-13,15-16,24H,10-11H2,1-4H3,(H,25,26)/t13-,15-,16-/m0/s1. The van der Waals surface area contributed by atoms with E-state index >= 15 is 0 Å². The molecule has 0 unspecified atom stereocenters. The monoisotopic (exact) mass is 432 g/mol. The molecule has 0 aliphatic carbocycles. The predicted molar refractivity (Wildman–Crippen MR) is 102 cm³/mol. The van der Waals surface area contributed by atoms with Crippen LogP contribution in [0.2, 0.25) is 0 Å². The van der Waals surface area contributed by atoms with E-state index in [4.69, 9.17) is 4.74 Å². The summed E-state index contributed by atoms with van der Waals surface area (Å²) in [5.74, 6) is -5.96. The van der Waals surface area contributed by atoms with Gasteiger partial charge in [-0.1, -0.05) is 44.2 Å². The van der Waals surface area contributed by atoms with Crippen LogP contribution >= 0.6 is 0 Å². The van der Waals surface area contributed by atoms with E-state index in [1.54, 1.807) is 44.2 Å². The molecule has 0 aliphatic rings. The molecule has 0 aromatic heterocycles. The Labute approximate surface area is 173 Å². The lowest BCUT2D eigenvalue weighted by Gasteiger charge is -2.26. The number of benzene rings is 1. The van der Waals surface area contributed by atoms with Gasteiger partial charge in [-0.2, -0.15) is 13.2 Å². The van der Waals surface area contributed by atoms with Gasteiger partial charge in [0, 0.05) is 6.54 Å². The number of amides is 1. The van der Waals surface area contributed by atoms with Crippen LogP contribution in [0.15, 0.2) is 30.3 Å². The summed E-state index contributed by atoms with van der Waals surface area (Å²) in [6.45, 7) is 3.55. The van der Waals surface area contributed by atoms with Crippen molar-refractivity contribution in [1.82, 2.24) is 10.6 Å². The van der Waals surface area contributed by atoms with Gasteiger partial charge in [0.05, 0.1) is 7.11 Å². The Morgan fingerprint density at radius 3 is 2.13 bits per heavy atom. The lowest BCUT2D eigenvalue weighted by molar-refractivity contribution is -0.184. The van der Waals surface area contributed by atoms with Gasteiger partial charge >= 0.3 is 18.1 Å². The fraction of sp³-hybridized carbons (Fsp3) is 0.550. The Morgan fingerprint density at radius 2 is 1.63 bits per heavy atom. The molecule has 0 spiro atoms. The van der Waals surface area contributed by atoms with Crippen molar-refractivity contribution in [3.8, 4) is 0 Å². The van der Waals surface area contributed by atoms with Gasteiger partial charge in [0.25, 0.3) is 0 Å². The first kappa shape index (κ1) is 25.4. The van der Waals surface area contributed by atoms with Crippen molar-refractivity contribution in [3.63, 3.8) is 0 Å². The van der Waals surface area contributed by atoms with E-state index in [1.807, 2.05) is 0 Å². The topological polar surface area (TPSA) is 93.7 Å². The maximum atomic E-state index is 13.4. The van der Waals surface area contributed by atoms with Crippen LogP contribution in [0.3, 0.4) is 0 Å². The molecule has 0 heterocycles. The summed E-state index contributed by atoms with van der Waals surface area (Å²) in [5.41, 5.74) is 0.703. The molecule has 0 saturated carbocycles. The van der Waals surface area contributed by atoms with Crippen LogP contribution in [0, 0.1) is 11.8 Å². The summed E-state index contributed by atoms with van der Waals surface area (Å²) in [6, 6.07) is 6.44. The maximum Gasteiger partial charge on any atom is 0.401 e. The Morgan fingerprint density at radius 1 is 1.03 bits per heavy atom. The summed E-state index contributed by atoms with van der Waals surface area (Å²) in [4.78, 5) is 36.1. The molecule has 0 saturated heterocycles. The van der Waals surface area contributed by atoms with Gasteiger partial charge in [-0.25, -0.2) is 4.79 Å². The highest BCUT2D eigenvalue weighted by atomic mass is 19.4. The minimum atomic E-state index is -4.89. The molecule has 168 valence electrons. The van der Waals surface area contributed by atoms with Crippen molar-refractivity contribution in [3.05, 3.63) is 35.9 Å². The predicted octanol–water partition coefficient (Wildman–Crippen LogP) is 2.20. The number of carbonyl (C=O) groups excluding carboxylic acids is 3. The largest absolute Gasteiger partial charge is 0.468 e. The van der Waals surface area contributed by atoms with Gasteiger partial charge in [0.15, 0.2) is 0 Å². The molecular weight excluding hydrogens is 405 g/mol. The summed E-state index contributed by atoms with van der Waals surface area (Å²) < 4.78 is 49.8. The molecular formula is C20H27F3N2O5. The lowest BCUT2D eigenvalue weighted by atomic mass is 10.0. The highest BCUT2D eigenvalue weighted by Crippen LogP contribution is 2.26. The average Bonchev–Trinajstić information content (AvgIpc) is 2.69. The molecule has 1 aromatic rings. The number of hydrogen-bond acceptors (Lipinski definition) is 6. The molecule has 7 nitrogen and oxygen atoms in total. The van der Waals surface area contributed by atoms with Crippen LogP contribution in [-0.2, 0) is 30.5 Å². The van der Waals surface area contributed by atoms with Gasteiger partial charge in [0.1, 0.15) is 24.6 Å². The third-order valence-electron chi connectivity index (χ3n) is 4.34. The third kappa shape index (κ3) is 8.02. The second-order valence-corrected chi connectivity index (χ2v) is 7.07. The number of nitrogens with one attached hydrogen (secondary N) is 2. The normalized spacial score (nSPS) is 14.5. The minimum absolute atomic E-state index is 0.0698. The summed E-state index contributed by atoms with van der Waals surface area (Å²) in [6.07, 6.45) is -4.89. The first-order chi connectivity index (χ1) is 14.0. The molecule has 30 heavy (non-hydrogen) atoms. The van der Waals surface area contributed by atoms with Crippen LogP contribution in [0.5, 0.6) is 0 Å². The second-order valence-electron chi connectivity index (χ2n) is 7.07. The van der Waals surface area contributed by atoms with E-state index in [9.17, 15) is 27.6 Å². The Bertz CT molecular complexity index is 710. The van der Waals surface area contributed by atoms with Crippen molar-refractivity contribution < 1.29 is 37.0 Å². The van der Waals surface area contributed by atoms with Crippen LogP contribution in [-0.4, -0.2) is 49.8 Å². The number of alkyl halides is 3. The number of methoxy groups -OCH3 is 1. The summed E-state index contributed by atoms with van der Waals surface area (Å²) in [7, 11) is 1.10. The van der Waals surface area contributed by atoms with Crippen molar-refractivity contribution >= 4 is 17.8 Å². The molecule has 3 atom stereocenters. The molecule has 1 aromatic carbocycles. The lowest BCUT2D eigenvalue weighted by Crippen LogP contribution is -2.53. The van der Waals surface area contributed by atoms with Gasteiger partial charge in [-0.3, -0.25) is 9.59 Å². The van der Waals surface area contributed by atoms with E-state index in [0.29, 0.717) is 5.56 Å². The number of carbonyl (C=O) groups is 3. The van der Waals surface area contributed by atoms with Crippen molar-refractivity contribution in [1.29, 1.82) is 0 Å². The number of ether oxygens (including phenoxy) is 2. The number of hydrogen-bond donors (Lipinski definition) is 2. The Kier molecular flexibility index (Phi) is 9.77.